The van der Waals surface area contributed by atoms with Crippen LogP contribution in [0, 0.1) is 22.7 Å². The SMILES string of the molecule is CO[C@H]1C=C2[C@@](OC)(C[C@H]3[C@@H]([C@@H](OC(C)=O)[C@H](OC(C)=O)[C@@]4(O)C(C)(C)CC[C@H](OC(C)=O)[C@]34C)[C@]2(C)OC)O1. The molecule has 11 heteroatoms. The van der Waals surface area contributed by atoms with Gasteiger partial charge in [0, 0.05) is 65.4 Å². The Morgan fingerprint density at radius 1 is 0.925 bits per heavy atom. The maximum atomic E-state index is 13.1. The first-order valence-electron chi connectivity index (χ1n) is 13.8. The van der Waals surface area contributed by atoms with Crippen molar-refractivity contribution in [3.63, 3.8) is 0 Å². The van der Waals surface area contributed by atoms with Gasteiger partial charge in [0.15, 0.2) is 18.2 Å². The van der Waals surface area contributed by atoms with E-state index in [1.807, 2.05) is 27.7 Å². The van der Waals surface area contributed by atoms with Crippen molar-refractivity contribution in [1.29, 1.82) is 0 Å². The van der Waals surface area contributed by atoms with E-state index in [1.54, 1.807) is 6.08 Å². The van der Waals surface area contributed by atoms with Crippen LogP contribution in [0.1, 0.15) is 67.7 Å². The van der Waals surface area contributed by atoms with Gasteiger partial charge in [0.05, 0.1) is 5.60 Å². The van der Waals surface area contributed by atoms with Crippen LogP contribution in [-0.2, 0) is 47.5 Å². The zero-order valence-electron chi connectivity index (χ0n) is 25.2. The van der Waals surface area contributed by atoms with E-state index in [1.165, 1.54) is 42.1 Å². The van der Waals surface area contributed by atoms with Crippen molar-refractivity contribution in [3.05, 3.63) is 11.6 Å². The quantitative estimate of drug-likeness (QED) is 0.288. The van der Waals surface area contributed by atoms with Crippen LogP contribution in [-0.4, -0.2) is 85.9 Å². The number of ether oxygens (including phenoxy) is 7. The Morgan fingerprint density at radius 3 is 2.02 bits per heavy atom. The fraction of sp³-hybridized carbons (Fsp3) is 0.828. The van der Waals surface area contributed by atoms with Gasteiger partial charge in [-0.15, -0.1) is 0 Å². The van der Waals surface area contributed by atoms with Crippen molar-refractivity contribution in [2.75, 3.05) is 21.3 Å². The Kier molecular flexibility index (Phi) is 7.76. The van der Waals surface area contributed by atoms with Crippen LogP contribution >= 0.6 is 0 Å². The first-order valence-corrected chi connectivity index (χ1v) is 13.8. The molecule has 0 saturated heterocycles. The third-order valence-electron chi connectivity index (χ3n) is 10.4. The van der Waals surface area contributed by atoms with Crippen LogP contribution in [0.25, 0.3) is 0 Å². The third kappa shape index (κ3) is 4.06. The minimum atomic E-state index is -1.82. The molecule has 40 heavy (non-hydrogen) atoms. The summed E-state index contributed by atoms with van der Waals surface area (Å²) in [6.07, 6.45) is -1.08. The number of esters is 3. The highest BCUT2D eigenvalue weighted by molar-refractivity contribution is 5.68. The van der Waals surface area contributed by atoms with Gasteiger partial charge < -0.3 is 38.3 Å². The molecule has 0 spiro atoms. The molecule has 1 aliphatic heterocycles. The first kappa shape index (κ1) is 30.9. The smallest absolute Gasteiger partial charge is 0.303 e. The largest absolute Gasteiger partial charge is 0.462 e. The Balaban J connectivity index is 2.09. The molecule has 1 heterocycles. The zero-order valence-corrected chi connectivity index (χ0v) is 25.2. The average molecular weight is 569 g/mol. The van der Waals surface area contributed by atoms with Gasteiger partial charge in [0.1, 0.15) is 17.8 Å². The lowest BCUT2D eigenvalue weighted by Gasteiger charge is -2.72. The molecule has 4 aliphatic rings. The number of hydrogen-bond donors (Lipinski definition) is 1. The Bertz CT molecular complexity index is 1090. The van der Waals surface area contributed by atoms with E-state index in [-0.39, 0.29) is 6.42 Å². The summed E-state index contributed by atoms with van der Waals surface area (Å²) in [6, 6.07) is 0. The van der Waals surface area contributed by atoms with Crippen molar-refractivity contribution in [1.82, 2.24) is 0 Å². The second kappa shape index (κ2) is 10.0. The molecular weight excluding hydrogens is 524 g/mol. The van der Waals surface area contributed by atoms with Gasteiger partial charge >= 0.3 is 17.9 Å². The summed E-state index contributed by atoms with van der Waals surface area (Å²) in [4.78, 5) is 37.7. The maximum absolute atomic E-state index is 13.1. The summed E-state index contributed by atoms with van der Waals surface area (Å²) >= 11 is 0. The van der Waals surface area contributed by atoms with E-state index in [0.717, 1.165) is 0 Å². The predicted molar refractivity (Wildman–Crippen MR) is 139 cm³/mol. The highest BCUT2D eigenvalue weighted by atomic mass is 16.8. The lowest BCUT2D eigenvalue weighted by Crippen LogP contribution is -2.83. The van der Waals surface area contributed by atoms with Gasteiger partial charge in [-0.25, -0.2) is 0 Å². The molecule has 0 aromatic heterocycles. The van der Waals surface area contributed by atoms with Gasteiger partial charge in [-0.3, -0.25) is 14.4 Å². The zero-order chi connectivity index (χ0) is 30.1. The maximum Gasteiger partial charge on any atom is 0.303 e. The number of methoxy groups -OCH3 is 3. The van der Waals surface area contributed by atoms with Gasteiger partial charge in [-0.05, 0) is 37.2 Å². The molecule has 0 radical (unpaired) electrons. The van der Waals surface area contributed by atoms with Crippen molar-refractivity contribution in [2.45, 2.75) is 109 Å². The minimum Gasteiger partial charge on any atom is -0.462 e. The van der Waals surface area contributed by atoms with Gasteiger partial charge in [0.2, 0.25) is 0 Å². The molecule has 0 aromatic rings. The van der Waals surface area contributed by atoms with Crippen LogP contribution in [0.4, 0.5) is 0 Å². The predicted octanol–water partition coefficient (Wildman–Crippen LogP) is 2.67. The summed E-state index contributed by atoms with van der Waals surface area (Å²) in [5.74, 6) is -4.34. The Labute approximate surface area is 235 Å². The van der Waals surface area contributed by atoms with Crippen LogP contribution in [0.2, 0.25) is 0 Å². The van der Waals surface area contributed by atoms with Crippen molar-refractivity contribution in [2.24, 2.45) is 22.7 Å². The van der Waals surface area contributed by atoms with Crippen molar-refractivity contribution in [3.8, 4) is 0 Å². The molecule has 0 amide bonds. The number of hydrogen-bond acceptors (Lipinski definition) is 11. The van der Waals surface area contributed by atoms with Crippen molar-refractivity contribution >= 4 is 17.9 Å². The standard InChI is InChI=1S/C29H44O11/c1-15(30)37-20-11-12-25(4,5)29(33)24(39-17(3)32)23(38-16(2)31)22-18(26(20,29)6)14-28(36-10)19(27(22,7)35-9)13-21(34-8)40-28/h13,18,20-24,33H,11-12,14H2,1-10H3/t18-,20-,21+,22-,23+,24-,26-,27+,28+,29+/m0/s1. The van der Waals surface area contributed by atoms with Crippen LogP contribution in [0.15, 0.2) is 11.6 Å². The van der Waals surface area contributed by atoms with E-state index in [4.69, 9.17) is 33.2 Å². The molecule has 0 bridgehead atoms. The summed E-state index contributed by atoms with van der Waals surface area (Å²) in [6.45, 7) is 11.3. The van der Waals surface area contributed by atoms with Gasteiger partial charge in [0.25, 0.3) is 0 Å². The Hall–Kier alpha value is -2.05. The third-order valence-corrected chi connectivity index (χ3v) is 10.4. The van der Waals surface area contributed by atoms with Crippen LogP contribution in [0.3, 0.4) is 0 Å². The molecule has 0 unspecified atom stereocenters. The normalized spacial score (nSPS) is 45.3. The average Bonchev–Trinajstić information content (AvgIpc) is 3.26. The summed E-state index contributed by atoms with van der Waals surface area (Å²) in [5.41, 5.74) is -4.52. The minimum absolute atomic E-state index is 0.190. The highest BCUT2D eigenvalue weighted by Crippen LogP contribution is 2.71. The number of rotatable bonds is 6. The summed E-state index contributed by atoms with van der Waals surface area (Å²) in [5, 5.41) is 13.1. The van der Waals surface area contributed by atoms with E-state index in [0.29, 0.717) is 18.4 Å². The van der Waals surface area contributed by atoms with E-state index >= 15 is 0 Å². The molecule has 4 rings (SSSR count). The van der Waals surface area contributed by atoms with Crippen molar-refractivity contribution < 1.29 is 52.6 Å². The van der Waals surface area contributed by atoms with Crippen LogP contribution in [0.5, 0.6) is 0 Å². The molecule has 3 saturated carbocycles. The molecule has 0 aromatic carbocycles. The highest BCUT2D eigenvalue weighted by Gasteiger charge is 2.81. The number of carbonyl (C=O) groups is 3. The molecule has 3 fully saturated rings. The summed E-state index contributed by atoms with van der Waals surface area (Å²) < 4.78 is 42.1. The second-order valence-corrected chi connectivity index (χ2v) is 12.6. The molecular formula is C29H44O11. The van der Waals surface area contributed by atoms with E-state index < -0.39 is 82.2 Å². The molecule has 10 atom stereocenters. The molecule has 3 aliphatic carbocycles. The fourth-order valence-electron chi connectivity index (χ4n) is 8.60. The number of fused-ring (bicyclic) bond motifs is 4. The Morgan fingerprint density at radius 2 is 1.52 bits per heavy atom. The molecule has 1 N–H and O–H groups in total. The van der Waals surface area contributed by atoms with Crippen LogP contribution < -0.4 is 0 Å². The first-order chi connectivity index (χ1) is 18.5. The second-order valence-electron chi connectivity index (χ2n) is 12.6. The number of carbonyl (C=O) groups excluding carboxylic acids is 3. The van der Waals surface area contributed by atoms with Gasteiger partial charge in [-0.2, -0.15) is 0 Å². The van der Waals surface area contributed by atoms with E-state index in [2.05, 4.69) is 0 Å². The van der Waals surface area contributed by atoms with E-state index in [9.17, 15) is 19.5 Å². The lowest BCUT2D eigenvalue weighted by molar-refractivity contribution is -0.370. The fourth-order valence-corrected chi connectivity index (χ4v) is 8.60. The summed E-state index contributed by atoms with van der Waals surface area (Å²) in [7, 11) is 4.57. The monoisotopic (exact) mass is 568 g/mol. The topological polar surface area (TPSA) is 136 Å². The lowest BCUT2D eigenvalue weighted by atomic mass is 9.38. The molecule has 11 nitrogen and oxygen atoms in total. The van der Waals surface area contributed by atoms with Gasteiger partial charge in [-0.1, -0.05) is 20.8 Å². The number of aliphatic hydroxyl groups is 1. The molecule has 226 valence electrons.